The lowest BCUT2D eigenvalue weighted by Gasteiger charge is -2.35. The molecule has 30 heavy (non-hydrogen) atoms. The quantitative estimate of drug-likeness (QED) is 0.474. The van der Waals surface area contributed by atoms with Gasteiger partial charge in [0.1, 0.15) is 12.1 Å². The van der Waals surface area contributed by atoms with Crippen molar-refractivity contribution < 1.29 is 0 Å². The van der Waals surface area contributed by atoms with E-state index in [1.165, 1.54) is 0 Å². The van der Waals surface area contributed by atoms with Crippen molar-refractivity contribution in [3.05, 3.63) is 72.1 Å². The minimum atomic E-state index is 0.700. The number of aromatic nitrogens is 3. The summed E-state index contributed by atoms with van der Waals surface area (Å²) in [5.74, 6) is 1.00. The van der Waals surface area contributed by atoms with Gasteiger partial charge in [-0.25, -0.2) is 9.97 Å². The highest BCUT2D eigenvalue weighted by Crippen LogP contribution is 2.38. The van der Waals surface area contributed by atoms with Crippen LogP contribution in [-0.2, 0) is 0 Å². The van der Waals surface area contributed by atoms with Gasteiger partial charge in [-0.15, -0.1) is 0 Å². The normalized spacial score (nSPS) is 15.1. The Bertz CT molecular complexity index is 1160. The zero-order valence-electron chi connectivity index (χ0n) is 17.0. The number of benzene rings is 2. The Balaban J connectivity index is 1.72. The predicted molar refractivity (Wildman–Crippen MR) is 124 cm³/mol. The SMILES string of the molecule is CCN1CCN(c2ncnc3c2c(-c2ccccc2)cn3-c2ccccc2Cl)CC1. The molecule has 0 radical (unpaired) electrons. The topological polar surface area (TPSA) is 37.2 Å². The fourth-order valence-electron chi connectivity index (χ4n) is 4.23. The van der Waals surface area contributed by atoms with E-state index in [0.717, 1.165) is 66.4 Å². The summed E-state index contributed by atoms with van der Waals surface area (Å²) in [7, 11) is 0. The first-order valence-electron chi connectivity index (χ1n) is 10.4. The first-order valence-corrected chi connectivity index (χ1v) is 10.8. The fraction of sp³-hybridized carbons (Fsp3) is 0.250. The van der Waals surface area contributed by atoms with Crippen molar-refractivity contribution in [2.45, 2.75) is 6.92 Å². The maximum atomic E-state index is 6.55. The van der Waals surface area contributed by atoms with Gasteiger partial charge in [0, 0.05) is 37.9 Å². The summed E-state index contributed by atoms with van der Waals surface area (Å²) in [6, 6.07) is 18.3. The summed E-state index contributed by atoms with van der Waals surface area (Å²) in [5, 5.41) is 1.78. The smallest absolute Gasteiger partial charge is 0.150 e. The van der Waals surface area contributed by atoms with Crippen LogP contribution in [0.3, 0.4) is 0 Å². The van der Waals surface area contributed by atoms with Gasteiger partial charge in [0.25, 0.3) is 0 Å². The number of fused-ring (bicyclic) bond motifs is 1. The minimum absolute atomic E-state index is 0.700. The van der Waals surface area contributed by atoms with Crippen molar-refractivity contribution in [2.75, 3.05) is 37.6 Å². The molecule has 2 aromatic heterocycles. The van der Waals surface area contributed by atoms with Crippen molar-refractivity contribution in [3.63, 3.8) is 0 Å². The lowest BCUT2D eigenvalue weighted by atomic mass is 10.1. The van der Waals surface area contributed by atoms with E-state index < -0.39 is 0 Å². The van der Waals surface area contributed by atoms with Crippen LogP contribution >= 0.6 is 11.6 Å². The molecular formula is C24H24ClN5. The van der Waals surface area contributed by atoms with E-state index >= 15 is 0 Å². The van der Waals surface area contributed by atoms with Crippen LogP contribution in [0.2, 0.25) is 5.02 Å². The molecule has 5 rings (SSSR count). The lowest BCUT2D eigenvalue weighted by molar-refractivity contribution is 0.271. The number of halogens is 1. The van der Waals surface area contributed by atoms with E-state index in [-0.39, 0.29) is 0 Å². The van der Waals surface area contributed by atoms with Gasteiger partial charge in [-0.1, -0.05) is 61.0 Å². The molecule has 0 N–H and O–H groups in total. The predicted octanol–water partition coefficient (Wildman–Crippen LogP) is 4.88. The zero-order valence-corrected chi connectivity index (χ0v) is 17.8. The second-order valence-electron chi connectivity index (χ2n) is 7.55. The van der Waals surface area contributed by atoms with Gasteiger partial charge >= 0.3 is 0 Å². The molecule has 2 aromatic carbocycles. The van der Waals surface area contributed by atoms with Crippen LogP contribution in [-0.4, -0.2) is 52.2 Å². The van der Waals surface area contributed by atoms with Gasteiger partial charge in [0.15, 0.2) is 5.65 Å². The van der Waals surface area contributed by atoms with E-state index in [0.29, 0.717) is 5.02 Å². The average molecular weight is 418 g/mol. The van der Waals surface area contributed by atoms with Crippen LogP contribution in [0.15, 0.2) is 67.1 Å². The number of likely N-dealkylation sites (N-methyl/N-ethyl adjacent to an activating group) is 1. The van der Waals surface area contributed by atoms with Crippen LogP contribution in [0.5, 0.6) is 0 Å². The van der Waals surface area contributed by atoms with Crippen molar-refractivity contribution in [1.82, 2.24) is 19.4 Å². The maximum absolute atomic E-state index is 6.55. The Morgan fingerprint density at radius 2 is 1.63 bits per heavy atom. The van der Waals surface area contributed by atoms with Crippen molar-refractivity contribution >= 4 is 28.5 Å². The third-order valence-corrected chi connectivity index (χ3v) is 6.20. The summed E-state index contributed by atoms with van der Waals surface area (Å²) in [6.07, 6.45) is 3.81. The first-order chi connectivity index (χ1) is 14.8. The molecule has 1 aliphatic heterocycles. The van der Waals surface area contributed by atoms with Gasteiger partial charge in [-0.05, 0) is 24.2 Å². The summed E-state index contributed by atoms with van der Waals surface area (Å²) < 4.78 is 2.09. The van der Waals surface area contributed by atoms with E-state index in [1.54, 1.807) is 6.33 Å². The van der Waals surface area contributed by atoms with Crippen LogP contribution in [0.4, 0.5) is 5.82 Å². The molecule has 0 atom stereocenters. The maximum Gasteiger partial charge on any atom is 0.150 e. The van der Waals surface area contributed by atoms with Crippen LogP contribution < -0.4 is 4.90 Å². The number of rotatable bonds is 4. The Morgan fingerprint density at radius 1 is 0.900 bits per heavy atom. The molecule has 0 spiro atoms. The van der Waals surface area contributed by atoms with Gasteiger partial charge < -0.3 is 9.80 Å². The van der Waals surface area contributed by atoms with Gasteiger partial charge in [0.2, 0.25) is 0 Å². The Labute approximate surface area is 181 Å². The number of hydrogen-bond acceptors (Lipinski definition) is 4. The second kappa shape index (κ2) is 8.09. The summed E-state index contributed by atoms with van der Waals surface area (Å²) >= 11 is 6.55. The minimum Gasteiger partial charge on any atom is -0.353 e. The van der Waals surface area contributed by atoms with E-state index in [2.05, 4.69) is 56.7 Å². The highest BCUT2D eigenvalue weighted by Gasteiger charge is 2.24. The molecule has 1 saturated heterocycles. The van der Waals surface area contributed by atoms with Crippen molar-refractivity contribution in [2.24, 2.45) is 0 Å². The summed E-state index contributed by atoms with van der Waals surface area (Å²) in [6.45, 7) is 7.33. The monoisotopic (exact) mass is 417 g/mol. The van der Waals surface area contributed by atoms with Crippen LogP contribution in [0.25, 0.3) is 27.8 Å². The molecule has 0 saturated carbocycles. The number of anilines is 1. The molecule has 4 aromatic rings. The molecule has 0 unspecified atom stereocenters. The van der Waals surface area contributed by atoms with E-state index in [4.69, 9.17) is 16.6 Å². The number of nitrogens with zero attached hydrogens (tertiary/aromatic N) is 5. The highest BCUT2D eigenvalue weighted by molar-refractivity contribution is 6.32. The molecule has 0 amide bonds. The molecular weight excluding hydrogens is 394 g/mol. The molecule has 1 aliphatic rings. The Kier molecular flexibility index (Phi) is 5.15. The van der Waals surface area contributed by atoms with Gasteiger partial charge in [0.05, 0.1) is 16.1 Å². The molecule has 3 heterocycles. The average Bonchev–Trinajstić information content (AvgIpc) is 3.20. The van der Waals surface area contributed by atoms with Crippen molar-refractivity contribution in [1.29, 1.82) is 0 Å². The third kappa shape index (κ3) is 3.34. The van der Waals surface area contributed by atoms with Crippen molar-refractivity contribution in [3.8, 4) is 16.8 Å². The Hall–Kier alpha value is -2.89. The highest BCUT2D eigenvalue weighted by atomic mass is 35.5. The molecule has 0 bridgehead atoms. The molecule has 0 aliphatic carbocycles. The van der Waals surface area contributed by atoms with E-state index in [1.807, 2.05) is 30.3 Å². The third-order valence-electron chi connectivity index (χ3n) is 5.88. The van der Waals surface area contributed by atoms with Gasteiger partial charge in [-0.3, -0.25) is 4.57 Å². The standard InChI is InChI=1S/C24H24ClN5/c1-2-28-12-14-29(15-13-28)23-22-19(18-8-4-3-5-9-18)16-30(24(22)27-17-26-23)21-11-7-6-10-20(21)25/h3-11,16-17H,2,12-15H2,1H3. The molecule has 1 fully saturated rings. The first kappa shape index (κ1) is 19.1. The fourth-order valence-corrected chi connectivity index (χ4v) is 4.46. The van der Waals surface area contributed by atoms with E-state index in [9.17, 15) is 0 Å². The summed E-state index contributed by atoms with van der Waals surface area (Å²) in [5.41, 5.74) is 4.08. The second-order valence-corrected chi connectivity index (χ2v) is 7.95. The van der Waals surface area contributed by atoms with Gasteiger partial charge in [-0.2, -0.15) is 0 Å². The zero-order chi connectivity index (χ0) is 20.5. The summed E-state index contributed by atoms with van der Waals surface area (Å²) in [4.78, 5) is 14.3. The lowest BCUT2D eigenvalue weighted by Crippen LogP contribution is -2.46. The van der Waals surface area contributed by atoms with Crippen LogP contribution in [0, 0.1) is 0 Å². The number of para-hydroxylation sites is 1. The number of piperazine rings is 1. The molecule has 152 valence electrons. The van der Waals surface area contributed by atoms with Crippen LogP contribution in [0.1, 0.15) is 6.92 Å². The Morgan fingerprint density at radius 3 is 2.37 bits per heavy atom. The largest absolute Gasteiger partial charge is 0.353 e. The number of hydrogen-bond donors (Lipinski definition) is 0. The molecule has 5 nitrogen and oxygen atoms in total. The molecule has 6 heteroatoms.